The second-order valence-corrected chi connectivity index (χ2v) is 5.05. The van der Waals surface area contributed by atoms with Gasteiger partial charge in [0.25, 0.3) is 0 Å². The van der Waals surface area contributed by atoms with Crippen molar-refractivity contribution in [2.45, 2.75) is 57.8 Å². The highest BCUT2D eigenvalue weighted by Crippen LogP contribution is 2.09. The van der Waals surface area contributed by atoms with Crippen LogP contribution in [0.4, 0.5) is 0 Å². The number of carbonyl (C=O) groups is 1. The number of hydrogen-bond acceptors (Lipinski definition) is 2. The molecule has 0 bridgehead atoms. The van der Waals surface area contributed by atoms with Gasteiger partial charge in [0.1, 0.15) is 0 Å². The molecule has 1 N–H and O–H groups in total. The molecule has 0 aromatic carbocycles. The molecular weight excluding hydrogens is 279 g/mol. The van der Waals surface area contributed by atoms with Crippen molar-refractivity contribution in [3.05, 3.63) is 0 Å². The van der Waals surface area contributed by atoms with Crippen molar-refractivity contribution in [2.75, 3.05) is 11.1 Å². The zero-order valence-electron chi connectivity index (χ0n) is 10.3. The molecule has 0 heterocycles. The number of rotatable bonds is 10. The third-order valence-corrected chi connectivity index (χ3v) is 2.61. The van der Waals surface area contributed by atoms with Crippen LogP contribution in [-0.4, -0.2) is 22.2 Å². The molecule has 0 aliphatic heterocycles. The highest BCUT2D eigenvalue weighted by molar-refractivity contribution is 7.80. The van der Waals surface area contributed by atoms with Gasteiger partial charge in [-0.05, 0) is 18.6 Å². The predicted molar refractivity (Wildman–Crippen MR) is 79.6 cm³/mol. The highest BCUT2D eigenvalue weighted by atomic mass is 35.5. The van der Waals surface area contributed by atoms with Crippen LogP contribution in [0.2, 0.25) is 0 Å². The first-order chi connectivity index (χ1) is 8.18. The molecule has 0 aromatic rings. The van der Waals surface area contributed by atoms with E-state index in [9.17, 15) is 4.79 Å². The van der Waals surface area contributed by atoms with Gasteiger partial charge in [0.05, 0.1) is 5.34 Å². The number of aliphatic carboxylic acids is 1. The Morgan fingerprint density at radius 1 is 0.882 bits per heavy atom. The van der Waals surface area contributed by atoms with Crippen LogP contribution in [0.1, 0.15) is 57.8 Å². The molecule has 2 nitrogen and oxygen atoms in total. The topological polar surface area (TPSA) is 37.3 Å². The third kappa shape index (κ3) is 26.2. The van der Waals surface area contributed by atoms with Crippen LogP contribution in [0.15, 0.2) is 0 Å². The second-order valence-electron chi connectivity index (χ2n) is 3.80. The average Bonchev–Trinajstić information content (AvgIpc) is 2.27. The van der Waals surface area contributed by atoms with Crippen molar-refractivity contribution in [2.24, 2.45) is 0 Å². The van der Waals surface area contributed by atoms with E-state index in [4.69, 9.17) is 28.3 Å². The molecule has 0 aliphatic rings. The Labute approximate surface area is 120 Å². The number of thiol groups is 1. The number of halogens is 2. The Bertz CT molecular complexity index is 157. The van der Waals surface area contributed by atoms with Crippen molar-refractivity contribution in [1.29, 1.82) is 0 Å². The number of hydrogen-bond donors (Lipinski definition) is 2. The zero-order valence-corrected chi connectivity index (χ0v) is 12.7. The number of alkyl halides is 2. The molecule has 0 aliphatic carbocycles. The molecule has 0 atom stereocenters. The van der Waals surface area contributed by atoms with Gasteiger partial charge in [-0.25, -0.2) is 0 Å². The van der Waals surface area contributed by atoms with Gasteiger partial charge in [-0.2, -0.15) is 12.6 Å². The van der Waals surface area contributed by atoms with E-state index in [0.717, 1.165) is 18.6 Å². The normalized spacial score (nSPS) is 9.59. The Kier molecular flexibility index (Phi) is 21.8. The minimum Gasteiger partial charge on any atom is -0.481 e. The Hall–Kier alpha value is 0.400. The number of carboxylic acid groups (broad SMARTS) is 1. The molecule has 0 saturated carbocycles. The number of unbranched alkanes of at least 4 members (excludes halogenated alkanes) is 7. The third-order valence-electron chi connectivity index (χ3n) is 2.30. The van der Waals surface area contributed by atoms with Crippen LogP contribution in [-0.2, 0) is 4.79 Å². The van der Waals surface area contributed by atoms with Gasteiger partial charge < -0.3 is 5.11 Å². The van der Waals surface area contributed by atoms with E-state index in [2.05, 4.69) is 12.6 Å². The van der Waals surface area contributed by atoms with Crippen molar-refractivity contribution < 1.29 is 9.90 Å². The lowest BCUT2D eigenvalue weighted by Gasteiger charge is -2.00. The second kappa shape index (κ2) is 18.8. The highest BCUT2D eigenvalue weighted by Gasteiger charge is 1.96. The molecule has 0 spiro atoms. The van der Waals surface area contributed by atoms with Gasteiger partial charge in [-0.1, -0.05) is 38.5 Å². The first-order valence-electron chi connectivity index (χ1n) is 6.13. The monoisotopic (exact) mass is 302 g/mol. The molecule has 0 saturated heterocycles. The van der Waals surface area contributed by atoms with Gasteiger partial charge in [0.15, 0.2) is 0 Å². The lowest BCUT2D eigenvalue weighted by atomic mass is 10.1. The van der Waals surface area contributed by atoms with Crippen molar-refractivity contribution in [3.63, 3.8) is 0 Å². The molecule has 0 unspecified atom stereocenters. The maximum absolute atomic E-state index is 10.2. The van der Waals surface area contributed by atoms with Crippen LogP contribution in [0.25, 0.3) is 0 Å². The van der Waals surface area contributed by atoms with E-state index >= 15 is 0 Å². The minimum absolute atomic E-state index is 0.194. The molecule has 0 rings (SSSR count). The first-order valence-corrected chi connectivity index (χ1v) is 7.83. The average molecular weight is 303 g/mol. The number of carboxylic acids is 1. The molecule has 5 heteroatoms. The van der Waals surface area contributed by atoms with Crippen molar-refractivity contribution >= 4 is 41.8 Å². The van der Waals surface area contributed by atoms with Crippen LogP contribution >= 0.6 is 35.8 Å². The van der Waals surface area contributed by atoms with Crippen LogP contribution in [0.3, 0.4) is 0 Å². The fraction of sp³-hybridized carbons (Fsp3) is 0.917. The Morgan fingerprint density at radius 3 is 1.59 bits per heavy atom. The smallest absolute Gasteiger partial charge is 0.303 e. The summed E-state index contributed by atoms with van der Waals surface area (Å²) in [4.78, 5) is 10.2. The lowest BCUT2D eigenvalue weighted by Crippen LogP contribution is -1.93. The Balaban J connectivity index is 0. The summed E-state index contributed by atoms with van der Waals surface area (Å²) in [6.45, 7) is 0. The van der Waals surface area contributed by atoms with Gasteiger partial charge in [0.2, 0.25) is 0 Å². The van der Waals surface area contributed by atoms with Crippen LogP contribution in [0.5, 0.6) is 0 Å². The maximum Gasteiger partial charge on any atom is 0.303 e. The molecule has 0 aromatic heterocycles. The first kappa shape index (κ1) is 19.7. The van der Waals surface area contributed by atoms with Gasteiger partial charge in [-0.15, -0.1) is 23.2 Å². The summed E-state index contributed by atoms with van der Waals surface area (Å²) >= 11 is 13.7. The van der Waals surface area contributed by atoms with Gasteiger partial charge in [0, 0.05) is 6.42 Å². The standard InChI is InChI=1S/C11H22O2S.CH2Cl2/c12-11(13)9-7-5-3-1-2-4-6-8-10-14;2-1-3/h14H,1-10H2,(H,12,13);1H2. The molecule has 17 heavy (non-hydrogen) atoms. The summed E-state index contributed by atoms with van der Waals surface area (Å²) < 4.78 is 0. The minimum atomic E-state index is -0.668. The van der Waals surface area contributed by atoms with Gasteiger partial charge >= 0.3 is 5.97 Å². The predicted octanol–water partition coefficient (Wildman–Crippen LogP) is 4.93. The summed E-state index contributed by atoms with van der Waals surface area (Å²) in [5.41, 5.74) is 0. The van der Waals surface area contributed by atoms with E-state index in [0.29, 0.717) is 6.42 Å². The molecular formula is C12H24Cl2O2S. The van der Waals surface area contributed by atoms with Crippen LogP contribution < -0.4 is 0 Å². The van der Waals surface area contributed by atoms with E-state index in [1.165, 1.54) is 38.5 Å². The summed E-state index contributed by atoms with van der Waals surface area (Å²) in [5, 5.41) is 8.60. The van der Waals surface area contributed by atoms with Crippen LogP contribution in [0, 0.1) is 0 Å². The summed E-state index contributed by atoms with van der Waals surface area (Å²) in [6, 6.07) is 0. The van der Waals surface area contributed by atoms with E-state index in [-0.39, 0.29) is 5.34 Å². The maximum atomic E-state index is 10.2. The summed E-state index contributed by atoms with van der Waals surface area (Å²) in [5.74, 6) is 0.331. The molecule has 0 amide bonds. The SMILES string of the molecule is ClCCl.O=C(O)CCCCCCCCCCS. The molecule has 104 valence electrons. The molecule has 0 fully saturated rings. The van der Waals surface area contributed by atoms with E-state index < -0.39 is 5.97 Å². The Morgan fingerprint density at radius 2 is 1.24 bits per heavy atom. The summed E-state index contributed by atoms with van der Waals surface area (Å²) in [7, 11) is 0. The summed E-state index contributed by atoms with van der Waals surface area (Å²) in [6.07, 6.45) is 9.80. The largest absolute Gasteiger partial charge is 0.481 e. The molecule has 0 radical (unpaired) electrons. The van der Waals surface area contributed by atoms with E-state index in [1.807, 2.05) is 0 Å². The van der Waals surface area contributed by atoms with Crippen molar-refractivity contribution in [3.8, 4) is 0 Å². The van der Waals surface area contributed by atoms with Crippen molar-refractivity contribution in [1.82, 2.24) is 0 Å². The van der Waals surface area contributed by atoms with Gasteiger partial charge in [-0.3, -0.25) is 4.79 Å². The van der Waals surface area contributed by atoms with E-state index in [1.54, 1.807) is 0 Å². The fourth-order valence-electron chi connectivity index (χ4n) is 1.45. The zero-order chi connectivity index (χ0) is 13.4. The lowest BCUT2D eigenvalue weighted by molar-refractivity contribution is -0.137. The fourth-order valence-corrected chi connectivity index (χ4v) is 1.67. The quantitative estimate of drug-likeness (QED) is 0.341.